The lowest BCUT2D eigenvalue weighted by atomic mass is 9.96. The lowest BCUT2D eigenvalue weighted by Crippen LogP contribution is -2.43. The number of nitrogens with zero attached hydrogens (tertiary/aromatic N) is 2. The SMILES string of the molecule is O=C(NCCC1NNNN1)C1CCN(c2ccc(C(F)(F)F)cn2)CC1. The second kappa shape index (κ2) is 8.16. The number of nitrogens with one attached hydrogen (secondary N) is 5. The molecule has 1 aromatic rings. The van der Waals surface area contributed by atoms with Crippen LogP contribution < -0.4 is 32.1 Å². The number of hydrogen-bond donors (Lipinski definition) is 5. The Kier molecular flexibility index (Phi) is 5.91. The molecule has 3 heterocycles. The summed E-state index contributed by atoms with van der Waals surface area (Å²) in [6.45, 7) is 1.74. The number of hydrogen-bond acceptors (Lipinski definition) is 7. The molecule has 8 nitrogen and oxygen atoms in total. The van der Waals surface area contributed by atoms with Gasteiger partial charge in [-0.15, -0.1) is 0 Å². The van der Waals surface area contributed by atoms with Gasteiger partial charge in [0.25, 0.3) is 0 Å². The van der Waals surface area contributed by atoms with Crippen molar-refractivity contribution in [1.82, 2.24) is 32.2 Å². The van der Waals surface area contributed by atoms with Crippen molar-refractivity contribution in [3.63, 3.8) is 0 Å². The van der Waals surface area contributed by atoms with Gasteiger partial charge in [0, 0.05) is 31.7 Å². The Labute approximate surface area is 148 Å². The largest absolute Gasteiger partial charge is 0.417 e. The zero-order valence-corrected chi connectivity index (χ0v) is 14.1. The molecule has 0 unspecified atom stereocenters. The van der Waals surface area contributed by atoms with Gasteiger partial charge in [-0.25, -0.2) is 15.8 Å². The van der Waals surface area contributed by atoms with Gasteiger partial charge in [-0.2, -0.15) is 24.2 Å². The quantitative estimate of drug-likeness (QED) is 0.506. The highest BCUT2D eigenvalue weighted by Crippen LogP contribution is 2.30. The van der Waals surface area contributed by atoms with Crippen LogP contribution in [-0.2, 0) is 11.0 Å². The maximum absolute atomic E-state index is 12.6. The molecule has 0 aliphatic carbocycles. The first kappa shape index (κ1) is 18.8. The maximum atomic E-state index is 12.6. The highest BCUT2D eigenvalue weighted by atomic mass is 19.4. The van der Waals surface area contributed by atoms with Crippen LogP contribution >= 0.6 is 0 Å². The van der Waals surface area contributed by atoms with Gasteiger partial charge < -0.3 is 10.2 Å². The van der Waals surface area contributed by atoms with E-state index in [0.717, 1.165) is 18.7 Å². The Morgan fingerprint density at radius 2 is 1.92 bits per heavy atom. The predicted octanol–water partition coefficient (Wildman–Crippen LogP) is 0.266. The molecular formula is C15H22F3N7O. The zero-order valence-electron chi connectivity index (χ0n) is 14.1. The summed E-state index contributed by atoms with van der Waals surface area (Å²) < 4.78 is 37.8. The molecule has 0 radical (unpaired) electrons. The second-order valence-electron chi connectivity index (χ2n) is 6.34. The number of aromatic nitrogens is 1. The number of carbonyl (C=O) groups is 1. The Morgan fingerprint density at radius 3 is 2.50 bits per heavy atom. The highest BCUT2D eigenvalue weighted by molar-refractivity contribution is 5.78. The minimum Gasteiger partial charge on any atom is -0.357 e. The van der Waals surface area contributed by atoms with E-state index in [4.69, 9.17) is 0 Å². The molecule has 0 spiro atoms. The minimum atomic E-state index is -4.38. The molecule has 5 N–H and O–H groups in total. The summed E-state index contributed by atoms with van der Waals surface area (Å²) in [7, 11) is 0. The molecule has 144 valence electrons. The van der Waals surface area contributed by atoms with E-state index in [1.165, 1.54) is 6.07 Å². The average molecular weight is 373 g/mol. The van der Waals surface area contributed by atoms with Crippen molar-refractivity contribution in [1.29, 1.82) is 0 Å². The van der Waals surface area contributed by atoms with Crippen LogP contribution in [0.15, 0.2) is 18.3 Å². The number of alkyl halides is 3. The van der Waals surface area contributed by atoms with Crippen molar-refractivity contribution < 1.29 is 18.0 Å². The molecule has 0 bridgehead atoms. The summed E-state index contributed by atoms with van der Waals surface area (Å²) in [6.07, 6.45) is -1.47. The fourth-order valence-electron chi connectivity index (χ4n) is 3.02. The van der Waals surface area contributed by atoms with Crippen molar-refractivity contribution in [3.05, 3.63) is 23.9 Å². The van der Waals surface area contributed by atoms with E-state index in [1.54, 1.807) is 0 Å². The second-order valence-corrected chi connectivity index (χ2v) is 6.34. The van der Waals surface area contributed by atoms with Crippen LogP contribution in [0.4, 0.5) is 19.0 Å². The summed E-state index contributed by atoms with van der Waals surface area (Å²) in [5.74, 6) is 0.445. The molecule has 0 saturated carbocycles. The van der Waals surface area contributed by atoms with E-state index in [9.17, 15) is 18.0 Å². The molecular weight excluding hydrogens is 351 g/mol. The van der Waals surface area contributed by atoms with E-state index in [-0.39, 0.29) is 18.0 Å². The van der Waals surface area contributed by atoms with Crippen molar-refractivity contribution >= 4 is 11.7 Å². The molecule has 1 amide bonds. The Balaban J connectivity index is 1.42. The van der Waals surface area contributed by atoms with Crippen molar-refractivity contribution in [2.45, 2.75) is 31.6 Å². The smallest absolute Gasteiger partial charge is 0.357 e. The number of amides is 1. The number of anilines is 1. The normalized spacial score (nSPS) is 19.7. The summed E-state index contributed by atoms with van der Waals surface area (Å²) in [4.78, 5) is 18.1. The Hall–Kier alpha value is -1.95. The lowest BCUT2D eigenvalue weighted by molar-refractivity contribution is -0.137. The van der Waals surface area contributed by atoms with Gasteiger partial charge in [-0.3, -0.25) is 4.79 Å². The van der Waals surface area contributed by atoms with Crippen LogP contribution in [0.2, 0.25) is 0 Å². The fourth-order valence-corrected chi connectivity index (χ4v) is 3.02. The number of piperidine rings is 1. The van der Waals surface area contributed by atoms with Gasteiger partial charge in [-0.05, 0) is 31.4 Å². The van der Waals surface area contributed by atoms with Crippen LogP contribution in [0.25, 0.3) is 0 Å². The van der Waals surface area contributed by atoms with Gasteiger partial charge in [0.2, 0.25) is 5.91 Å². The monoisotopic (exact) mass is 373 g/mol. The van der Waals surface area contributed by atoms with Gasteiger partial charge in [-0.1, -0.05) is 0 Å². The summed E-state index contributed by atoms with van der Waals surface area (Å²) >= 11 is 0. The van der Waals surface area contributed by atoms with Crippen molar-refractivity contribution in [2.75, 3.05) is 24.5 Å². The van der Waals surface area contributed by atoms with Gasteiger partial charge in [0.05, 0.1) is 11.7 Å². The Morgan fingerprint density at radius 1 is 1.23 bits per heavy atom. The van der Waals surface area contributed by atoms with Crippen molar-refractivity contribution in [2.24, 2.45) is 5.92 Å². The van der Waals surface area contributed by atoms with E-state index in [0.29, 0.717) is 38.3 Å². The van der Waals surface area contributed by atoms with Crippen LogP contribution in [-0.4, -0.2) is 36.7 Å². The molecule has 0 atom stereocenters. The number of carbonyl (C=O) groups excluding carboxylic acids is 1. The van der Waals surface area contributed by atoms with Crippen LogP contribution in [0.3, 0.4) is 0 Å². The molecule has 2 fully saturated rings. The first-order valence-corrected chi connectivity index (χ1v) is 8.50. The molecule has 11 heteroatoms. The molecule has 2 aliphatic rings. The fraction of sp³-hybridized carbons (Fsp3) is 0.600. The third-order valence-electron chi connectivity index (χ3n) is 4.55. The van der Waals surface area contributed by atoms with Crippen LogP contribution in [0.5, 0.6) is 0 Å². The summed E-state index contributed by atoms with van der Waals surface area (Å²) in [5, 5.41) is 2.92. The Bertz CT molecular complexity index is 596. The van der Waals surface area contributed by atoms with Gasteiger partial charge >= 0.3 is 6.18 Å². The first-order valence-electron chi connectivity index (χ1n) is 8.50. The van der Waals surface area contributed by atoms with Crippen LogP contribution in [0, 0.1) is 5.92 Å². The number of rotatable bonds is 5. The third-order valence-corrected chi connectivity index (χ3v) is 4.55. The molecule has 0 aromatic carbocycles. The molecule has 1 aromatic heterocycles. The topological polar surface area (TPSA) is 93.3 Å². The van der Waals surface area contributed by atoms with E-state index in [2.05, 4.69) is 32.2 Å². The maximum Gasteiger partial charge on any atom is 0.417 e. The average Bonchev–Trinajstić information content (AvgIpc) is 3.15. The minimum absolute atomic E-state index is 0.0175. The lowest BCUT2D eigenvalue weighted by Gasteiger charge is -2.32. The molecule has 2 saturated heterocycles. The highest BCUT2D eigenvalue weighted by Gasteiger charge is 2.31. The number of halogens is 3. The van der Waals surface area contributed by atoms with E-state index >= 15 is 0 Å². The van der Waals surface area contributed by atoms with Gasteiger partial charge in [0.1, 0.15) is 5.82 Å². The first-order chi connectivity index (χ1) is 12.4. The molecule has 26 heavy (non-hydrogen) atoms. The van der Waals surface area contributed by atoms with Crippen molar-refractivity contribution in [3.8, 4) is 0 Å². The zero-order chi connectivity index (χ0) is 18.6. The predicted molar refractivity (Wildman–Crippen MR) is 88.1 cm³/mol. The number of hydrazine groups is 3. The van der Waals surface area contributed by atoms with E-state index in [1.807, 2.05) is 4.90 Å². The standard InChI is InChI=1S/C15H22F3N7O/c16-15(17,18)11-1-2-13(20-9-11)25-7-4-10(5-8-25)14(26)19-6-3-12-21-23-24-22-12/h1-2,9-10,12,21-24H,3-8H2,(H,19,26). The van der Waals surface area contributed by atoms with Crippen LogP contribution in [0.1, 0.15) is 24.8 Å². The van der Waals surface area contributed by atoms with Gasteiger partial charge in [0.15, 0.2) is 0 Å². The summed E-state index contributed by atoms with van der Waals surface area (Å²) in [5.41, 5.74) is 10.5. The molecule has 3 rings (SSSR count). The van der Waals surface area contributed by atoms with E-state index < -0.39 is 11.7 Å². The third kappa shape index (κ3) is 4.81. The summed E-state index contributed by atoms with van der Waals surface area (Å²) in [6, 6.07) is 2.42. The molecule has 2 aliphatic heterocycles. The number of pyridine rings is 1.